The van der Waals surface area contributed by atoms with Crippen LogP contribution in [0.25, 0.3) is 0 Å². The van der Waals surface area contributed by atoms with Crippen LogP contribution < -0.4 is 10.6 Å². The first-order chi connectivity index (χ1) is 11.2. The maximum atomic E-state index is 12.6. The van der Waals surface area contributed by atoms with Crippen molar-refractivity contribution in [1.29, 1.82) is 0 Å². The Hall–Kier alpha value is -1.89. The minimum absolute atomic E-state index is 0.0342. The number of amides is 2. The van der Waals surface area contributed by atoms with Crippen molar-refractivity contribution in [3.8, 4) is 0 Å². The van der Waals surface area contributed by atoms with E-state index in [4.69, 9.17) is 0 Å². The molecule has 2 fully saturated rings. The Morgan fingerprint density at radius 2 is 1.71 bits per heavy atom. The van der Waals surface area contributed by atoms with Crippen LogP contribution >= 0.6 is 0 Å². The summed E-state index contributed by atoms with van der Waals surface area (Å²) >= 11 is 0. The van der Waals surface area contributed by atoms with Crippen LogP contribution in [-0.4, -0.2) is 37.8 Å². The van der Waals surface area contributed by atoms with Gasteiger partial charge in [0.05, 0.1) is 11.5 Å². The molecule has 0 bridgehead atoms. The fraction of sp³-hybridized carbons (Fsp3) is 0.529. The number of carbonyl (C=O) groups excluding carboxylic acids is 2. The number of aryl methyl sites for hydroxylation is 2. The predicted octanol–water partition coefficient (Wildman–Crippen LogP) is 1.33. The van der Waals surface area contributed by atoms with Gasteiger partial charge < -0.3 is 10.6 Å². The second-order valence-corrected chi connectivity index (χ2v) is 9.21. The quantitative estimate of drug-likeness (QED) is 0.801. The maximum Gasteiger partial charge on any atom is 0.240 e. The van der Waals surface area contributed by atoms with Gasteiger partial charge >= 0.3 is 0 Å². The molecule has 24 heavy (non-hydrogen) atoms. The van der Waals surface area contributed by atoms with Gasteiger partial charge in [0, 0.05) is 11.7 Å². The van der Waals surface area contributed by atoms with Gasteiger partial charge in [0.25, 0.3) is 0 Å². The molecule has 0 spiro atoms. The number of nitrogens with one attached hydrogen (secondary N) is 2. The Balaban J connectivity index is 1.66. The van der Waals surface area contributed by atoms with Crippen molar-refractivity contribution < 1.29 is 18.0 Å². The highest BCUT2D eigenvalue weighted by atomic mass is 32.2. The third-order valence-corrected chi connectivity index (χ3v) is 6.43. The molecule has 1 aromatic rings. The number of anilines is 1. The number of hydrogen-bond acceptors (Lipinski definition) is 4. The molecule has 7 heteroatoms. The molecule has 6 nitrogen and oxygen atoms in total. The van der Waals surface area contributed by atoms with Gasteiger partial charge in [-0.05, 0) is 56.4 Å². The van der Waals surface area contributed by atoms with E-state index in [1.54, 1.807) is 0 Å². The van der Waals surface area contributed by atoms with Gasteiger partial charge in [0.1, 0.15) is 5.41 Å². The lowest BCUT2D eigenvalue weighted by Gasteiger charge is -2.18. The molecule has 0 aromatic heterocycles. The van der Waals surface area contributed by atoms with Crippen molar-refractivity contribution in [3.63, 3.8) is 0 Å². The van der Waals surface area contributed by atoms with Crippen molar-refractivity contribution >= 4 is 27.3 Å². The summed E-state index contributed by atoms with van der Waals surface area (Å²) in [5.74, 6) is -0.606. The summed E-state index contributed by atoms with van der Waals surface area (Å²) in [7, 11) is -3.06. The summed E-state index contributed by atoms with van der Waals surface area (Å²) in [5.41, 5.74) is 1.70. The fourth-order valence-corrected chi connectivity index (χ4v) is 4.89. The molecule has 130 valence electrons. The van der Waals surface area contributed by atoms with Crippen LogP contribution in [-0.2, 0) is 19.4 Å². The monoisotopic (exact) mass is 350 g/mol. The first kappa shape index (κ1) is 17.0. The lowest BCUT2D eigenvalue weighted by atomic mass is 10.0. The Kier molecular flexibility index (Phi) is 4.15. The molecule has 1 saturated carbocycles. The molecule has 3 rings (SSSR count). The van der Waals surface area contributed by atoms with Crippen molar-refractivity contribution in [2.24, 2.45) is 5.41 Å². The molecule has 2 amide bonds. The van der Waals surface area contributed by atoms with E-state index in [-0.39, 0.29) is 29.4 Å². The largest absolute Gasteiger partial charge is 0.351 e. The van der Waals surface area contributed by atoms with Crippen LogP contribution in [0.4, 0.5) is 5.69 Å². The van der Waals surface area contributed by atoms with Crippen LogP contribution in [0.2, 0.25) is 0 Å². The van der Waals surface area contributed by atoms with Crippen LogP contribution in [0, 0.1) is 19.3 Å². The van der Waals surface area contributed by atoms with Gasteiger partial charge in [-0.25, -0.2) is 8.42 Å². The number of hydrogen-bond donors (Lipinski definition) is 2. The van der Waals surface area contributed by atoms with Crippen molar-refractivity contribution in [3.05, 3.63) is 29.3 Å². The molecule has 1 saturated heterocycles. The van der Waals surface area contributed by atoms with E-state index in [0.717, 1.165) is 11.1 Å². The molecule has 2 aliphatic rings. The zero-order chi connectivity index (χ0) is 17.5. The first-order valence-corrected chi connectivity index (χ1v) is 9.93. The fourth-order valence-electron chi connectivity index (χ4n) is 3.21. The molecule has 1 aromatic carbocycles. The van der Waals surface area contributed by atoms with E-state index in [1.165, 1.54) is 0 Å². The Morgan fingerprint density at radius 3 is 2.21 bits per heavy atom. The van der Waals surface area contributed by atoms with Crippen LogP contribution in [0.1, 0.15) is 30.4 Å². The lowest BCUT2D eigenvalue weighted by Crippen LogP contribution is -2.45. The van der Waals surface area contributed by atoms with Crippen molar-refractivity contribution in [2.75, 3.05) is 16.8 Å². The SMILES string of the molecule is Cc1cc(C)cc(NC(=O)C2(C(=O)NC3CCS(=O)(=O)C3)CC2)c1. The predicted molar refractivity (Wildman–Crippen MR) is 91.4 cm³/mol. The lowest BCUT2D eigenvalue weighted by molar-refractivity contribution is -0.134. The summed E-state index contributed by atoms with van der Waals surface area (Å²) in [5, 5.41) is 5.58. The smallest absolute Gasteiger partial charge is 0.240 e. The third-order valence-electron chi connectivity index (χ3n) is 4.67. The van der Waals surface area contributed by atoms with Crippen molar-refractivity contribution in [2.45, 2.75) is 39.2 Å². The molecule has 1 unspecified atom stereocenters. The van der Waals surface area contributed by atoms with E-state index < -0.39 is 15.3 Å². The average molecular weight is 350 g/mol. The summed E-state index contributed by atoms with van der Waals surface area (Å²) in [6, 6.07) is 5.36. The van der Waals surface area contributed by atoms with Gasteiger partial charge in [-0.1, -0.05) is 6.07 Å². The summed E-state index contributed by atoms with van der Waals surface area (Å²) < 4.78 is 23.0. The molecular formula is C17H22N2O4S. The standard InChI is InChI=1S/C17H22N2O4S/c1-11-7-12(2)9-14(8-11)19-16(21)17(4-5-17)15(20)18-13-3-6-24(22,23)10-13/h7-9,13H,3-6,10H2,1-2H3,(H,18,20)(H,19,21). The number of sulfone groups is 1. The topological polar surface area (TPSA) is 92.3 Å². The van der Waals surface area contributed by atoms with Gasteiger partial charge in [-0.2, -0.15) is 0 Å². The maximum absolute atomic E-state index is 12.6. The first-order valence-electron chi connectivity index (χ1n) is 8.11. The van der Waals surface area contributed by atoms with E-state index >= 15 is 0 Å². The highest BCUT2D eigenvalue weighted by Gasteiger charge is 2.57. The normalized spacial score (nSPS) is 23.5. The molecule has 1 heterocycles. The molecule has 0 radical (unpaired) electrons. The summed E-state index contributed by atoms with van der Waals surface area (Å²) in [6.07, 6.45) is 1.41. The molecule has 1 atom stereocenters. The van der Waals surface area contributed by atoms with Gasteiger partial charge in [0.15, 0.2) is 9.84 Å². The van der Waals surface area contributed by atoms with Gasteiger partial charge in [-0.3, -0.25) is 9.59 Å². The second-order valence-electron chi connectivity index (χ2n) is 6.99. The third kappa shape index (κ3) is 3.45. The molecular weight excluding hydrogens is 328 g/mol. The molecule has 2 N–H and O–H groups in total. The summed E-state index contributed by atoms with van der Waals surface area (Å²) in [4.78, 5) is 25.1. The van der Waals surface area contributed by atoms with Crippen LogP contribution in [0.5, 0.6) is 0 Å². The molecule has 1 aliphatic carbocycles. The number of carbonyl (C=O) groups is 2. The second kappa shape index (κ2) is 5.88. The van der Waals surface area contributed by atoms with E-state index in [2.05, 4.69) is 10.6 Å². The Labute approximate surface area is 141 Å². The minimum Gasteiger partial charge on any atom is -0.351 e. The molecule has 1 aliphatic heterocycles. The zero-order valence-electron chi connectivity index (χ0n) is 13.9. The average Bonchev–Trinajstić information content (AvgIpc) is 3.19. The van der Waals surface area contributed by atoms with Crippen LogP contribution in [0.3, 0.4) is 0 Å². The van der Waals surface area contributed by atoms with Crippen LogP contribution in [0.15, 0.2) is 18.2 Å². The summed E-state index contributed by atoms with van der Waals surface area (Å²) in [6.45, 7) is 3.89. The number of benzene rings is 1. The van der Waals surface area contributed by atoms with Gasteiger partial charge in [0.2, 0.25) is 11.8 Å². The highest BCUT2D eigenvalue weighted by molar-refractivity contribution is 7.91. The zero-order valence-corrected chi connectivity index (χ0v) is 14.7. The van der Waals surface area contributed by atoms with E-state index in [1.807, 2.05) is 32.0 Å². The van der Waals surface area contributed by atoms with E-state index in [0.29, 0.717) is 24.9 Å². The Bertz CT molecular complexity index is 777. The van der Waals surface area contributed by atoms with Gasteiger partial charge in [-0.15, -0.1) is 0 Å². The van der Waals surface area contributed by atoms with Crippen molar-refractivity contribution in [1.82, 2.24) is 5.32 Å². The van der Waals surface area contributed by atoms with E-state index in [9.17, 15) is 18.0 Å². The number of rotatable bonds is 4. The minimum atomic E-state index is -3.06. The Morgan fingerprint density at radius 1 is 1.08 bits per heavy atom. The highest BCUT2D eigenvalue weighted by Crippen LogP contribution is 2.47.